The molecule has 0 spiro atoms. The van der Waals surface area contributed by atoms with Gasteiger partial charge in [-0.15, -0.1) is 0 Å². The zero-order valence-corrected chi connectivity index (χ0v) is 19.6. The molecule has 186 valence electrons. The highest BCUT2D eigenvalue weighted by Gasteiger charge is 2.33. The summed E-state index contributed by atoms with van der Waals surface area (Å²) < 4.78 is 31.1. The van der Waals surface area contributed by atoms with E-state index in [0.717, 1.165) is 0 Å². The van der Waals surface area contributed by atoms with Crippen LogP contribution < -0.4 is 5.32 Å². The quantitative estimate of drug-likeness (QED) is 0.166. The third-order valence-electron chi connectivity index (χ3n) is 4.05. The molecule has 0 aliphatic rings. The van der Waals surface area contributed by atoms with Crippen molar-refractivity contribution in [3.63, 3.8) is 0 Å². The van der Waals surface area contributed by atoms with Crippen LogP contribution in [0.1, 0.15) is 46.5 Å². The van der Waals surface area contributed by atoms with E-state index in [-0.39, 0.29) is 84.4 Å². The Morgan fingerprint density at radius 1 is 0.688 bits per heavy atom. The Bertz CT molecular complexity index is 541. The van der Waals surface area contributed by atoms with Crippen LogP contribution in [0.2, 0.25) is 0 Å². The van der Waals surface area contributed by atoms with E-state index < -0.39 is 23.4 Å². The van der Waals surface area contributed by atoms with Crippen molar-refractivity contribution in [1.29, 1.82) is 0 Å². The second-order valence-corrected chi connectivity index (χ2v) is 6.78. The Morgan fingerprint density at radius 3 is 1.44 bits per heavy atom. The van der Waals surface area contributed by atoms with Gasteiger partial charge in [-0.1, -0.05) is 6.92 Å². The van der Waals surface area contributed by atoms with Gasteiger partial charge in [-0.3, -0.25) is 19.2 Å². The molecule has 0 bridgehead atoms. The van der Waals surface area contributed by atoms with Gasteiger partial charge < -0.3 is 33.7 Å². The number of methoxy groups -OCH3 is 1. The fourth-order valence-corrected chi connectivity index (χ4v) is 2.45. The van der Waals surface area contributed by atoms with E-state index in [4.69, 9.17) is 23.7 Å². The van der Waals surface area contributed by atoms with E-state index in [9.17, 15) is 19.2 Å². The maximum Gasteiger partial charge on any atom is 0.308 e. The highest BCUT2D eigenvalue weighted by atomic mass is 16.5. The largest absolute Gasteiger partial charge is 0.469 e. The third kappa shape index (κ3) is 14.7. The monoisotopic (exact) mass is 463 g/mol. The van der Waals surface area contributed by atoms with Gasteiger partial charge >= 0.3 is 17.9 Å². The van der Waals surface area contributed by atoms with Gasteiger partial charge in [0.1, 0.15) is 5.54 Å². The first-order chi connectivity index (χ1) is 15.3. The summed E-state index contributed by atoms with van der Waals surface area (Å²) in [5.74, 6) is -1.47. The van der Waals surface area contributed by atoms with Crippen LogP contribution in [0.5, 0.6) is 0 Å². The van der Waals surface area contributed by atoms with Crippen LogP contribution in [-0.2, 0) is 47.6 Å². The first kappa shape index (κ1) is 29.8. The zero-order valence-electron chi connectivity index (χ0n) is 19.6. The molecule has 0 atom stereocenters. The second-order valence-electron chi connectivity index (χ2n) is 6.78. The minimum Gasteiger partial charge on any atom is -0.469 e. The van der Waals surface area contributed by atoms with E-state index in [1.54, 1.807) is 20.8 Å². The van der Waals surface area contributed by atoms with Crippen LogP contribution in [0.4, 0.5) is 0 Å². The summed E-state index contributed by atoms with van der Waals surface area (Å²) in [5, 5.41) is 2.85. The summed E-state index contributed by atoms with van der Waals surface area (Å²) in [4.78, 5) is 46.5. The molecule has 0 aromatic heterocycles. The number of hydrogen-bond acceptors (Lipinski definition) is 10. The predicted molar refractivity (Wildman–Crippen MR) is 113 cm³/mol. The van der Waals surface area contributed by atoms with Gasteiger partial charge in [0.15, 0.2) is 0 Å². The first-order valence-corrected chi connectivity index (χ1v) is 10.7. The molecule has 1 amide bonds. The standard InChI is InChI=1S/C21H37NO10/c1-5-17(23)22-21(14-28-11-8-18(24)27-4,15-29-12-9-19(25)31-6-2)16-30-13-10-20(26)32-7-3/h5-16H2,1-4H3,(H,22,23). The number of nitrogens with one attached hydrogen (secondary N) is 1. The molecule has 11 nitrogen and oxygen atoms in total. The molecule has 0 aromatic rings. The van der Waals surface area contributed by atoms with Crippen molar-refractivity contribution in [3.05, 3.63) is 0 Å². The van der Waals surface area contributed by atoms with Crippen LogP contribution in [-0.4, -0.2) is 89.3 Å². The lowest BCUT2D eigenvalue weighted by Crippen LogP contribution is -2.58. The van der Waals surface area contributed by atoms with Gasteiger partial charge in [0, 0.05) is 6.42 Å². The van der Waals surface area contributed by atoms with E-state index in [1.165, 1.54) is 7.11 Å². The maximum atomic E-state index is 12.2. The van der Waals surface area contributed by atoms with E-state index >= 15 is 0 Å². The summed E-state index contributed by atoms with van der Waals surface area (Å²) in [7, 11) is 1.28. The Morgan fingerprint density at radius 2 is 1.09 bits per heavy atom. The average Bonchev–Trinajstić information content (AvgIpc) is 2.77. The van der Waals surface area contributed by atoms with Gasteiger partial charge in [-0.05, 0) is 13.8 Å². The number of hydrogen-bond donors (Lipinski definition) is 1. The molecule has 0 saturated carbocycles. The molecule has 0 aliphatic carbocycles. The van der Waals surface area contributed by atoms with Crippen molar-refractivity contribution >= 4 is 23.8 Å². The van der Waals surface area contributed by atoms with Crippen molar-refractivity contribution in [1.82, 2.24) is 5.32 Å². The Kier molecular flexibility index (Phi) is 17.1. The molecule has 0 heterocycles. The normalized spacial score (nSPS) is 11.0. The van der Waals surface area contributed by atoms with Crippen LogP contribution in [0.3, 0.4) is 0 Å². The Hall–Kier alpha value is -2.24. The average molecular weight is 464 g/mol. The van der Waals surface area contributed by atoms with Crippen molar-refractivity contribution in [2.24, 2.45) is 0 Å². The van der Waals surface area contributed by atoms with Gasteiger partial charge in [0.25, 0.3) is 0 Å². The van der Waals surface area contributed by atoms with E-state index in [0.29, 0.717) is 0 Å². The van der Waals surface area contributed by atoms with Crippen molar-refractivity contribution in [2.75, 3.05) is 60.0 Å². The number of esters is 3. The molecule has 1 N–H and O–H groups in total. The summed E-state index contributed by atoms with van der Waals surface area (Å²) in [6, 6.07) is 0. The van der Waals surface area contributed by atoms with Crippen molar-refractivity contribution < 1.29 is 47.6 Å². The molecule has 0 saturated heterocycles. The molecule has 0 unspecified atom stereocenters. The number of ether oxygens (including phenoxy) is 6. The van der Waals surface area contributed by atoms with Crippen LogP contribution in [0, 0.1) is 0 Å². The summed E-state index contributed by atoms with van der Waals surface area (Å²) in [5.41, 5.74) is -1.09. The molecule has 0 rings (SSSR count). The minimum absolute atomic E-state index is 0.0181. The van der Waals surface area contributed by atoms with Gasteiger partial charge in [0.2, 0.25) is 5.91 Å². The molecule has 32 heavy (non-hydrogen) atoms. The number of carbonyl (C=O) groups excluding carboxylic acids is 4. The van der Waals surface area contributed by atoms with E-state index in [2.05, 4.69) is 10.1 Å². The topological polar surface area (TPSA) is 136 Å². The molecule has 0 aromatic carbocycles. The Labute approximate surface area is 189 Å². The van der Waals surface area contributed by atoms with Gasteiger partial charge in [-0.25, -0.2) is 0 Å². The summed E-state index contributed by atoms with van der Waals surface area (Å²) in [6.45, 7) is 5.84. The number of amides is 1. The zero-order chi connectivity index (χ0) is 24.2. The first-order valence-electron chi connectivity index (χ1n) is 10.7. The fraction of sp³-hybridized carbons (Fsp3) is 0.810. The van der Waals surface area contributed by atoms with Crippen LogP contribution in [0.25, 0.3) is 0 Å². The predicted octanol–water partition coefficient (Wildman–Crippen LogP) is 0.771. The fourth-order valence-electron chi connectivity index (χ4n) is 2.45. The Balaban J connectivity index is 5.04. The van der Waals surface area contributed by atoms with Crippen LogP contribution >= 0.6 is 0 Å². The lowest BCUT2D eigenvalue weighted by atomic mass is 10.0. The van der Waals surface area contributed by atoms with E-state index in [1.807, 2.05) is 0 Å². The third-order valence-corrected chi connectivity index (χ3v) is 4.05. The van der Waals surface area contributed by atoms with Crippen LogP contribution in [0.15, 0.2) is 0 Å². The molecular formula is C21H37NO10. The smallest absolute Gasteiger partial charge is 0.308 e. The lowest BCUT2D eigenvalue weighted by Gasteiger charge is -2.34. The lowest BCUT2D eigenvalue weighted by molar-refractivity contribution is -0.145. The summed E-state index contributed by atoms with van der Waals surface area (Å²) >= 11 is 0. The summed E-state index contributed by atoms with van der Waals surface area (Å²) in [6.07, 6.45) is 0.369. The highest BCUT2D eigenvalue weighted by Crippen LogP contribution is 2.11. The molecule has 0 fully saturated rings. The molecule has 11 heteroatoms. The van der Waals surface area contributed by atoms with Crippen molar-refractivity contribution in [2.45, 2.75) is 52.0 Å². The number of rotatable bonds is 19. The molecule has 0 aliphatic heterocycles. The van der Waals surface area contributed by atoms with Crippen molar-refractivity contribution in [3.8, 4) is 0 Å². The SMILES string of the molecule is CCOC(=O)CCOCC(COCCC(=O)OC)(COCCC(=O)OCC)NC(=O)CC. The minimum atomic E-state index is -1.09. The van der Waals surface area contributed by atoms with Gasteiger partial charge in [-0.2, -0.15) is 0 Å². The molecular weight excluding hydrogens is 426 g/mol. The molecule has 0 radical (unpaired) electrons. The second kappa shape index (κ2) is 18.3. The number of carbonyl (C=O) groups is 4. The highest BCUT2D eigenvalue weighted by molar-refractivity contribution is 5.76. The van der Waals surface area contributed by atoms with Gasteiger partial charge in [0.05, 0.1) is 79.2 Å². The maximum absolute atomic E-state index is 12.2.